The molecular weight excluding hydrogens is 369 g/mol. The molecule has 0 fully saturated rings. The molecule has 0 spiro atoms. The van der Waals surface area contributed by atoms with E-state index < -0.39 is 0 Å². The maximum Gasteiger partial charge on any atom is 0.242 e. The van der Waals surface area contributed by atoms with Gasteiger partial charge in [-0.2, -0.15) is 0 Å². The number of likely N-dealkylation sites (N-methyl/N-ethyl adjacent to an activating group) is 1. The number of hydrogen-bond donors (Lipinski definition) is 1. The Morgan fingerprint density at radius 2 is 1.86 bits per heavy atom. The molecule has 1 unspecified atom stereocenters. The summed E-state index contributed by atoms with van der Waals surface area (Å²) in [5, 5.41) is 3.00. The van der Waals surface area contributed by atoms with E-state index in [1.54, 1.807) is 12.3 Å². The molecule has 150 valence electrons. The molecule has 0 bridgehead atoms. The maximum absolute atomic E-state index is 13.0. The zero-order valence-electron chi connectivity index (χ0n) is 16.5. The second-order valence-electron chi connectivity index (χ2n) is 6.66. The number of nitrogens with one attached hydrogen (secondary N) is 1. The van der Waals surface area contributed by atoms with Crippen LogP contribution in [-0.4, -0.2) is 29.4 Å². The Morgan fingerprint density at radius 3 is 2.55 bits per heavy atom. The van der Waals surface area contributed by atoms with Gasteiger partial charge in [0.2, 0.25) is 11.8 Å². The lowest BCUT2D eigenvalue weighted by atomic mass is 10.0. The summed E-state index contributed by atoms with van der Waals surface area (Å²) < 4.78 is 18.7. The van der Waals surface area contributed by atoms with Crippen LogP contribution in [0.5, 0.6) is 11.6 Å². The predicted octanol–water partition coefficient (Wildman–Crippen LogP) is 4.32. The van der Waals surface area contributed by atoms with Gasteiger partial charge in [-0.05, 0) is 55.1 Å². The van der Waals surface area contributed by atoms with Gasteiger partial charge in [0.1, 0.15) is 17.6 Å². The SMILES string of the molecule is CCN(C)C(C(=O)NCc1ccnc(Oc2ccc(F)cc2)c1)c1ccccc1. The van der Waals surface area contributed by atoms with E-state index in [-0.39, 0.29) is 17.8 Å². The number of rotatable bonds is 8. The van der Waals surface area contributed by atoms with E-state index in [1.807, 2.05) is 55.3 Å². The van der Waals surface area contributed by atoms with Crippen molar-refractivity contribution in [3.63, 3.8) is 0 Å². The lowest BCUT2D eigenvalue weighted by Crippen LogP contribution is -2.38. The maximum atomic E-state index is 13.0. The minimum Gasteiger partial charge on any atom is -0.439 e. The normalized spacial score (nSPS) is 11.9. The van der Waals surface area contributed by atoms with Crippen molar-refractivity contribution in [1.29, 1.82) is 0 Å². The monoisotopic (exact) mass is 393 g/mol. The Kier molecular flexibility index (Phi) is 6.92. The predicted molar refractivity (Wildman–Crippen MR) is 110 cm³/mol. The first-order valence-electron chi connectivity index (χ1n) is 9.48. The smallest absolute Gasteiger partial charge is 0.242 e. The number of carbonyl (C=O) groups is 1. The molecule has 29 heavy (non-hydrogen) atoms. The van der Waals surface area contributed by atoms with Gasteiger partial charge in [-0.15, -0.1) is 0 Å². The fraction of sp³-hybridized carbons (Fsp3) is 0.217. The van der Waals surface area contributed by atoms with E-state index in [0.29, 0.717) is 18.2 Å². The van der Waals surface area contributed by atoms with Crippen LogP contribution in [0.2, 0.25) is 0 Å². The molecule has 0 aliphatic carbocycles. The molecule has 0 radical (unpaired) electrons. The highest BCUT2D eigenvalue weighted by molar-refractivity contribution is 5.83. The van der Waals surface area contributed by atoms with E-state index >= 15 is 0 Å². The van der Waals surface area contributed by atoms with Gasteiger partial charge in [0.05, 0.1) is 0 Å². The van der Waals surface area contributed by atoms with Crippen LogP contribution in [0.25, 0.3) is 0 Å². The third kappa shape index (κ3) is 5.62. The second-order valence-corrected chi connectivity index (χ2v) is 6.66. The molecule has 1 amide bonds. The molecule has 5 nitrogen and oxygen atoms in total. The molecule has 0 saturated carbocycles. The summed E-state index contributed by atoms with van der Waals surface area (Å²) in [4.78, 5) is 19.1. The summed E-state index contributed by atoms with van der Waals surface area (Å²) in [7, 11) is 1.93. The lowest BCUT2D eigenvalue weighted by Gasteiger charge is -2.26. The summed E-state index contributed by atoms with van der Waals surface area (Å²) in [6, 6.07) is 18.6. The fourth-order valence-electron chi connectivity index (χ4n) is 2.95. The minimum absolute atomic E-state index is 0.0710. The second kappa shape index (κ2) is 9.80. The number of halogens is 1. The van der Waals surface area contributed by atoms with Crippen molar-refractivity contribution in [3.05, 3.63) is 89.9 Å². The van der Waals surface area contributed by atoms with Gasteiger partial charge in [0.25, 0.3) is 0 Å². The van der Waals surface area contributed by atoms with Crippen molar-refractivity contribution < 1.29 is 13.9 Å². The van der Waals surface area contributed by atoms with Crippen molar-refractivity contribution in [2.75, 3.05) is 13.6 Å². The molecule has 1 atom stereocenters. The number of aromatic nitrogens is 1. The zero-order valence-corrected chi connectivity index (χ0v) is 16.5. The molecule has 2 aromatic carbocycles. The van der Waals surface area contributed by atoms with Crippen LogP contribution in [0.1, 0.15) is 24.1 Å². The number of amides is 1. The van der Waals surface area contributed by atoms with Crippen LogP contribution < -0.4 is 10.1 Å². The van der Waals surface area contributed by atoms with Gasteiger partial charge < -0.3 is 10.1 Å². The van der Waals surface area contributed by atoms with Crippen molar-refractivity contribution in [2.24, 2.45) is 0 Å². The minimum atomic E-state index is -0.363. The average Bonchev–Trinajstić information content (AvgIpc) is 2.75. The Balaban J connectivity index is 1.66. The summed E-state index contributed by atoms with van der Waals surface area (Å²) in [5.41, 5.74) is 1.81. The number of nitrogens with zero attached hydrogens (tertiary/aromatic N) is 2. The molecule has 1 N–H and O–H groups in total. The van der Waals surface area contributed by atoms with Crippen LogP contribution in [0.15, 0.2) is 72.9 Å². The van der Waals surface area contributed by atoms with Gasteiger partial charge in [-0.1, -0.05) is 37.3 Å². The number of pyridine rings is 1. The third-order valence-electron chi connectivity index (χ3n) is 4.61. The van der Waals surface area contributed by atoms with Gasteiger partial charge in [0.15, 0.2) is 0 Å². The third-order valence-corrected chi connectivity index (χ3v) is 4.61. The Bertz CT molecular complexity index is 932. The van der Waals surface area contributed by atoms with E-state index in [1.165, 1.54) is 24.3 Å². The fourth-order valence-corrected chi connectivity index (χ4v) is 2.95. The van der Waals surface area contributed by atoms with Gasteiger partial charge in [-0.3, -0.25) is 9.69 Å². The van der Waals surface area contributed by atoms with E-state index in [2.05, 4.69) is 10.3 Å². The molecule has 1 heterocycles. The van der Waals surface area contributed by atoms with Crippen LogP contribution in [0, 0.1) is 5.82 Å². The van der Waals surface area contributed by atoms with Gasteiger partial charge in [-0.25, -0.2) is 9.37 Å². The largest absolute Gasteiger partial charge is 0.439 e. The molecular formula is C23H24FN3O2. The van der Waals surface area contributed by atoms with E-state index in [9.17, 15) is 9.18 Å². The Hall–Kier alpha value is -3.25. The van der Waals surface area contributed by atoms with Gasteiger partial charge >= 0.3 is 0 Å². The lowest BCUT2D eigenvalue weighted by molar-refractivity contribution is -0.126. The van der Waals surface area contributed by atoms with Crippen molar-refractivity contribution in [2.45, 2.75) is 19.5 Å². The highest BCUT2D eigenvalue weighted by Gasteiger charge is 2.23. The van der Waals surface area contributed by atoms with Gasteiger partial charge in [0, 0.05) is 18.8 Å². The molecule has 1 aromatic heterocycles. The molecule has 0 aliphatic heterocycles. The van der Waals surface area contributed by atoms with E-state index in [4.69, 9.17) is 4.74 Å². The van der Waals surface area contributed by atoms with Crippen molar-refractivity contribution in [3.8, 4) is 11.6 Å². The quantitative estimate of drug-likeness (QED) is 0.619. The number of hydrogen-bond acceptors (Lipinski definition) is 4. The van der Waals surface area contributed by atoms with E-state index in [0.717, 1.165) is 17.7 Å². The highest BCUT2D eigenvalue weighted by Crippen LogP contribution is 2.21. The Morgan fingerprint density at radius 1 is 1.14 bits per heavy atom. The van der Waals surface area contributed by atoms with Crippen LogP contribution >= 0.6 is 0 Å². The first-order valence-corrected chi connectivity index (χ1v) is 9.48. The molecule has 0 aliphatic rings. The number of carbonyl (C=O) groups excluding carboxylic acids is 1. The number of ether oxygens (including phenoxy) is 1. The van der Waals surface area contributed by atoms with Crippen molar-refractivity contribution >= 4 is 5.91 Å². The van der Waals surface area contributed by atoms with Crippen molar-refractivity contribution in [1.82, 2.24) is 15.2 Å². The first kappa shape index (κ1) is 20.5. The first-order chi connectivity index (χ1) is 14.1. The molecule has 6 heteroatoms. The summed E-state index contributed by atoms with van der Waals surface area (Å²) in [6.07, 6.45) is 1.62. The van der Waals surface area contributed by atoms with Crippen LogP contribution in [0.4, 0.5) is 4.39 Å². The highest BCUT2D eigenvalue weighted by atomic mass is 19.1. The molecule has 0 saturated heterocycles. The standard InChI is InChI=1S/C23H24FN3O2/c1-3-27(2)22(18-7-5-4-6-8-18)23(28)26-16-17-13-14-25-21(15-17)29-20-11-9-19(24)10-12-20/h4-15,22H,3,16H2,1-2H3,(H,26,28). The number of benzene rings is 2. The summed E-state index contributed by atoms with van der Waals surface area (Å²) in [5.74, 6) is 0.479. The van der Waals surface area contributed by atoms with Crippen LogP contribution in [0.3, 0.4) is 0 Å². The molecule has 3 rings (SSSR count). The average molecular weight is 393 g/mol. The summed E-state index contributed by atoms with van der Waals surface area (Å²) in [6.45, 7) is 3.12. The Labute approximate surface area is 170 Å². The summed E-state index contributed by atoms with van der Waals surface area (Å²) >= 11 is 0. The zero-order chi connectivity index (χ0) is 20.6. The topological polar surface area (TPSA) is 54.5 Å². The van der Waals surface area contributed by atoms with Crippen LogP contribution in [-0.2, 0) is 11.3 Å². The molecule has 3 aromatic rings.